The third-order valence-corrected chi connectivity index (χ3v) is 4.22. The first-order chi connectivity index (χ1) is 11.9. The van der Waals surface area contributed by atoms with Crippen molar-refractivity contribution in [2.45, 2.75) is 12.9 Å². The van der Waals surface area contributed by atoms with Crippen molar-refractivity contribution < 1.29 is 27.1 Å². The largest absolute Gasteiger partial charge is 0.573 e. The second-order valence-corrected chi connectivity index (χ2v) is 6.06. The van der Waals surface area contributed by atoms with Crippen LogP contribution >= 0.6 is 11.3 Å². The zero-order chi connectivity index (χ0) is 17.9. The summed E-state index contributed by atoms with van der Waals surface area (Å²) in [5.41, 5.74) is 2.20. The molecule has 0 saturated carbocycles. The van der Waals surface area contributed by atoms with Gasteiger partial charge in [-0.2, -0.15) is 0 Å². The summed E-state index contributed by atoms with van der Waals surface area (Å²) in [5.74, 6) is -0.746. The predicted molar refractivity (Wildman–Crippen MR) is 86.3 cm³/mol. The van der Waals surface area contributed by atoms with Gasteiger partial charge in [0.15, 0.2) is 0 Å². The Morgan fingerprint density at radius 2 is 1.92 bits per heavy atom. The van der Waals surface area contributed by atoms with E-state index in [1.165, 1.54) is 23.5 Å². The molecule has 0 aliphatic rings. The molecule has 2 heterocycles. The molecule has 0 spiro atoms. The van der Waals surface area contributed by atoms with Gasteiger partial charge in [-0.3, -0.25) is 4.79 Å². The molecule has 0 aliphatic carbocycles. The lowest BCUT2D eigenvalue weighted by Crippen LogP contribution is -2.22. The number of amides is 1. The van der Waals surface area contributed by atoms with Crippen LogP contribution < -0.4 is 10.1 Å². The molecule has 3 rings (SSSR count). The minimum absolute atomic E-state index is 0.251. The van der Waals surface area contributed by atoms with Gasteiger partial charge in [-0.25, -0.2) is 0 Å². The molecule has 1 amide bonds. The predicted octanol–water partition coefficient (Wildman–Crippen LogP) is 4.84. The Morgan fingerprint density at radius 3 is 2.56 bits per heavy atom. The highest BCUT2D eigenvalue weighted by molar-refractivity contribution is 7.10. The van der Waals surface area contributed by atoms with Crippen LogP contribution in [-0.4, -0.2) is 12.3 Å². The smallest absolute Gasteiger partial charge is 0.472 e. The topological polar surface area (TPSA) is 51.5 Å². The Balaban J connectivity index is 1.57. The monoisotopic (exact) mass is 367 g/mol. The van der Waals surface area contributed by atoms with Gasteiger partial charge in [0.2, 0.25) is 0 Å². The number of furan rings is 1. The Labute approximate surface area is 144 Å². The highest BCUT2D eigenvalue weighted by atomic mass is 32.1. The first kappa shape index (κ1) is 17.1. The summed E-state index contributed by atoms with van der Waals surface area (Å²) in [5, 5.41) is 4.68. The first-order valence-electron chi connectivity index (χ1n) is 7.15. The van der Waals surface area contributed by atoms with Gasteiger partial charge in [-0.15, -0.1) is 24.5 Å². The van der Waals surface area contributed by atoms with E-state index >= 15 is 0 Å². The van der Waals surface area contributed by atoms with Crippen LogP contribution in [0.5, 0.6) is 5.75 Å². The van der Waals surface area contributed by atoms with Crippen LogP contribution in [0.3, 0.4) is 0 Å². The molecule has 0 fully saturated rings. The van der Waals surface area contributed by atoms with Gasteiger partial charge in [0.05, 0.1) is 19.1 Å². The quantitative estimate of drug-likeness (QED) is 0.702. The fourth-order valence-corrected chi connectivity index (χ4v) is 2.96. The lowest BCUT2D eigenvalue weighted by atomic mass is 10.2. The molecular formula is C17H12F3NO3S. The number of rotatable bonds is 5. The summed E-state index contributed by atoms with van der Waals surface area (Å²) < 4.78 is 45.1. The van der Waals surface area contributed by atoms with E-state index in [1.54, 1.807) is 12.5 Å². The summed E-state index contributed by atoms with van der Waals surface area (Å²) in [4.78, 5) is 13.0. The van der Waals surface area contributed by atoms with E-state index in [0.717, 1.165) is 28.1 Å². The summed E-state index contributed by atoms with van der Waals surface area (Å²) >= 11 is 1.49. The lowest BCUT2D eigenvalue weighted by molar-refractivity contribution is -0.274. The van der Waals surface area contributed by atoms with Crippen molar-refractivity contribution in [1.82, 2.24) is 5.32 Å². The second kappa shape index (κ2) is 7.02. The minimum Gasteiger partial charge on any atom is -0.472 e. The average molecular weight is 367 g/mol. The molecule has 0 atom stereocenters. The molecular weight excluding hydrogens is 355 g/mol. The van der Waals surface area contributed by atoms with Gasteiger partial charge in [-0.1, -0.05) is 0 Å². The fourth-order valence-electron chi connectivity index (χ4n) is 2.13. The number of ether oxygens (including phenoxy) is 1. The molecule has 25 heavy (non-hydrogen) atoms. The number of hydrogen-bond acceptors (Lipinski definition) is 4. The Bertz CT molecular complexity index is 839. The number of thiophene rings is 1. The maximum atomic E-state index is 12.1. The van der Waals surface area contributed by atoms with Crippen molar-refractivity contribution in [3.63, 3.8) is 0 Å². The highest BCUT2D eigenvalue weighted by Crippen LogP contribution is 2.26. The van der Waals surface area contributed by atoms with Crippen molar-refractivity contribution in [1.29, 1.82) is 0 Å². The third-order valence-electron chi connectivity index (χ3n) is 3.28. The molecule has 0 aliphatic heterocycles. The summed E-state index contributed by atoms with van der Waals surface area (Å²) in [7, 11) is 0. The van der Waals surface area contributed by atoms with Crippen LogP contribution in [0.15, 0.2) is 58.7 Å². The molecule has 0 bridgehead atoms. The molecule has 1 aromatic carbocycles. The number of alkyl halides is 3. The molecule has 4 nitrogen and oxygen atoms in total. The molecule has 0 radical (unpaired) electrons. The van der Waals surface area contributed by atoms with Gasteiger partial charge in [0.25, 0.3) is 5.91 Å². The standard InChI is InChI=1S/C17H12F3NO3S/c18-17(19,20)24-14-3-1-11(2-4-14)16(22)21-8-15-7-13(10-25-15)12-5-6-23-9-12/h1-7,9-10H,8H2,(H,21,22). The average Bonchev–Trinajstić information content (AvgIpc) is 3.23. The molecule has 3 aromatic rings. The number of benzene rings is 1. The zero-order valence-corrected chi connectivity index (χ0v) is 13.5. The second-order valence-electron chi connectivity index (χ2n) is 5.07. The maximum absolute atomic E-state index is 12.1. The zero-order valence-electron chi connectivity index (χ0n) is 12.7. The van der Waals surface area contributed by atoms with E-state index in [2.05, 4.69) is 10.1 Å². The molecule has 0 unspecified atom stereocenters. The molecule has 2 aromatic heterocycles. The van der Waals surface area contributed by atoms with Crippen LogP contribution in [-0.2, 0) is 6.54 Å². The van der Waals surface area contributed by atoms with Crippen LogP contribution in [0.2, 0.25) is 0 Å². The van der Waals surface area contributed by atoms with Crippen molar-refractivity contribution in [3.05, 3.63) is 64.7 Å². The SMILES string of the molecule is O=C(NCc1cc(-c2ccoc2)cs1)c1ccc(OC(F)(F)F)cc1. The van der Waals surface area contributed by atoms with Crippen molar-refractivity contribution in [2.75, 3.05) is 0 Å². The van der Waals surface area contributed by atoms with E-state index in [0.29, 0.717) is 6.54 Å². The van der Waals surface area contributed by atoms with Gasteiger partial charge < -0.3 is 14.5 Å². The van der Waals surface area contributed by atoms with Crippen LogP contribution in [0.1, 0.15) is 15.2 Å². The van der Waals surface area contributed by atoms with Crippen LogP contribution in [0.25, 0.3) is 11.1 Å². The number of carbonyl (C=O) groups excluding carboxylic acids is 1. The third kappa shape index (κ3) is 4.63. The van der Waals surface area contributed by atoms with Gasteiger partial charge >= 0.3 is 6.36 Å². The number of hydrogen-bond donors (Lipinski definition) is 1. The Morgan fingerprint density at radius 1 is 1.16 bits per heavy atom. The van der Waals surface area contributed by atoms with Crippen LogP contribution in [0.4, 0.5) is 13.2 Å². The van der Waals surface area contributed by atoms with E-state index in [4.69, 9.17) is 4.42 Å². The van der Waals surface area contributed by atoms with Crippen LogP contribution in [0, 0.1) is 0 Å². The van der Waals surface area contributed by atoms with Crippen molar-refractivity contribution >= 4 is 17.2 Å². The van der Waals surface area contributed by atoms with Gasteiger partial charge in [0, 0.05) is 16.0 Å². The molecule has 0 saturated heterocycles. The van der Waals surface area contributed by atoms with Gasteiger partial charge in [-0.05, 0) is 47.3 Å². The molecule has 1 N–H and O–H groups in total. The minimum atomic E-state index is -4.75. The first-order valence-corrected chi connectivity index (χ1v) is 8.03. The Hall–Kier alpha value is -2.74. The lowest BCUT2D eigenvalue weighted by Gasteiger charge is -2.09. The number of halogens is 3. The van der Waals surface area contributed by atoms with E-state index in [1.807, 2.05) is 17.5 Å². The molecule has 130 valence electrons. The summed E-state index contributed by atoms with van der Waals surface area (Å²) in [6.07, 6.45) is -1.54. The van der Waals surface area contributed by atoms with Gasteiger partial charge in [0.1, 0.15) is 5.75 Å². The van der Waals surface area contributed by atoms with E-state index in [9.17, 15) is 18.0 Å². The fraction of sp³-hybridized carbons (Fsp3) is 0.118. The normalized spacial score (nSPS) is 11.3. The maximum Gasteiger partial charge on any atom is 0.573 e. The number of nitrogens with one attached hydrogen (secondary N) is 1. The summed E-state index contributed by atoms with van der Waals surface area (Å²) in [6, 6.07) is 8.55. The van der Waals surface area contributed by atoms with Crippen molar-refractivity contribution in [3.8, 4) is 16.9 Å². The Kier molecular flexibility index (Phi) is 4.80. The van der Waals surface area contributed by atoms with E-state index in [-0.39, 0.29) is 17.2 Å². The summed E-state index contributed by atoms with van der Waals surface area (Å²) in [6.45, 7) is 0.322. The molecule has 8 heteroatoms. The number of carbonyl (C=O) groups is 1. The van der Waals surface area contributed by atoms with E-state index < -0.39 is 6.36 Å². The van der Waals surface area contributed by atoms with Crippen molar-refractivity contribution in [2.24, 2.45) is 0 Å². The highest BCUT2D eigenvalue weighted by Gasteiger charge is 2.31.